The van der Waals surface area contributed by atoms with Gasteiger partial charge in [-0.25, -0.2) is 14.8 Å². The molecule has 8 heteroatoms. The van der Waals surface area contributed by atoms with E-state index in [1.807, 2.05) is 6.92 Å². The molecule has 1 amide bonds. The third-order valence-corrected chi connectivity index (χ3v) is 5.29. The van der Waals surface area contributed by atoms with E-state index in [2.05, 4.69) is 9.97 Å². The third-order valence-electron chi connectivity index (χ3n) is 3.02. The number of aryl methyl sites for hydroxylation is 2. The first-order valence-corrected chi connectivity index (χ1v) is 8.45. The summed E-state index contributed by atoms with van der Waals surface area (Å²) in [5.74, 6) is -0.184. The zero-order valence-corrected chi connectivity index (χ0v) is 14.4. The molecule has 2 N–H and O–H groups in total. The minimum Gasteiger partial charge on any atom is -0.462 e. The highest BCUT2D eigenvalue weighted by atomic mass is 32.2. The SMILES string of the molecule is CCOC(=O)c1sc2nc(C)nc(SC(C)C(N)=O)c2c1C. The Morgan fingerprint density at radius 1 is 1.36 bits per heavy atom. The van der Waals surface area contributed by atoms with Crippen LogP contribution in [0.4, 0.5) is 0 Å². The number of hydrogen-bond acceptors (Lipinski definition) is 7. The van der Waals surface area contributed by atoms with Gasteiger partial charge in [0.1, 0.15) is 20.6 Å². The minimum atomic E-state index is -0.414. The van der Waals surface area contributed by atoms with Crippen molar-refractivity contribution in [1.29, 1.82) is 0 Å². The highest BCUT2D eigenvalue weighted by molar-refractivity contribution is 8.00. The topological polar surface area (TPSA) is 95.2 Å². The molecule has 0 saturated carbocycles. The molecule has 2 aromatic heterocycles. The van der Waals surface area contributed by atoms with Crippen LogP contribution in [0.1, 0.15) is 34.9 Å². The van der Waals surface area contributed by atoms with Gasteiger partial charge in [-0.2, -0.15) is 0 Å². The first-order chi connectivity index (χ1) is 10.3. The second kappa shape index (κ2) is 6.62. The number of nitrogens with two attached hydrogens (primary N) is 1. The smallest absolute Gasteiger partial charge is 0.348 e. The van der Waals surface area contributed by atoms with Crippen LogP contribution in [0.3, 0.4) is 0 Å². The molecule has 0 bridgehead atoms. The highest BCUT2D eigenvalue weighted by Crippen LogP contribution is 2.37. The maximum Gasteiger partial charge on any atom is 0.348 e. The van der Waals surface area contributed by atoms with Gasteiger partial charge < -0.3 is 10.5 Å². The van der Waals surface area contributed by atoms with Gasteiger partial charge in [-0.15, -0.1) is 11.3 Å². The van der Waals surface area contributed by atoms with Crippen molar-refractivity contribution in [3.8, 4) is 0 Å². The largest absolute Gasteiger partial charge is 0.462 e. The summed E-state index contributed by atoms with van der Waals surface area (Å²) in [4.78, 5) is 33.3. The number of ether oxygens (including phenoxy) is 1. The molecular formula is C14H17N3O3S2. The maximum atomic E-state index is 12.0. The molecule has 22 heavy (non-hydrogen) atoms. The quantitative estimate of drug-likeness (QED) is 0.511. The molecule has 1 unspecified atom stereocenters. The predicted octanol–water partition coefficient (Wildman–Crippen LogP) is 2.45. The number of carbonyl (C=O) groups is 2. The number of esters is 1. The van der Waals surface area contributed by atoms with Crippen LogP contribution in [0, 0.1) is 13.8 Å². The average molecular weight is 339 g/mol. The van der Waals surface area contributed by atoms with Crippen LogP contribution in [0.25, 0.3) is 10.2 Å². The molecule has 0 aliphatic heterocycles. The highest BCUT2D eigenvalue weighted by Gasteiger charge is 2.22. The summed E-state index contributed by atoms with van der Waals surface area (Å²) in [7, 11) is 0. The molecule has 6 nitrogen and oxygen atoms in total. The summed E-state index contributed by atoms with van der Waals surface area (Å²) < 4.78 is 5.07. The van der Waals surface area contributed by atoms with Gasteiger partial charge in [0.05, 0.1) is 11.9 Å². The Hall–Kier alpha value is -1.67. The Kier molecular flexibility index (Phi) is 5.02. The van der Waals surface area contributed by atoms with E-state index in [9.17, 15) is 9.59 Å². The van der Waals surface area contributed by atoms with E-state index in [0.717, 1.165) is 10.9 Å². The van der Waals surface area contributed by atoms with Crippen LogP contribution in [0.15, 0.2) is 5.03 Å². The van der Waals surface area contributed by atoms with Crippen molar-refractivity contribution in [2.75, 3.05) is 6.61 Å². The number of nitrogens with zero attached hydrogens (tertiary/aromatic N) is 2. The number of aromatic nitrogens is 2. The standard InChI is InChI=1S/C14H17N3O3S2/c1-5-20-14(19)10-6(2)9-12(21-7(3)11(15)18)16-8(4)17-13(9)22-10/h7H,5H2,1-4H3,(H2,15,18). The minimum absolute atomic E-state index is 0.317. The Bertz CT molecular complexity index is 742. The normalized spacial score (nSPS) is 12.4. The van der Waals surface area contributed by atoms with Gasteiger partial charge in [0.15, 0.2) is 0 Å². The number of amides is 1. The molecule has 0 aliphatic carbocycles. The fourth-order valence-electron chi connectivity index (χ4n) is 1.91. The first kappa shape index (κ1) is 16.7. The molecule has 2 rings (SSSR count). The van der Waals surface area contributed by atoms with E-state index in [4.69, 9.17) is 10.5 Å². The maximum absolute atomic E-state index is 12.0. The van der Waals surface area contributed by atoms with E-state index < -0.39 is 11.2 Å². The molecule has 0 aliphatic rings. The number of thioether (sulfide) groups is 1. The molecule has 118 valence electrons. The van der Waals surface area contributed by atoms with Crippen molar-refractivity contribution < 1.29 is 14.3 Å². The van der Waals surface area contributed by atoms with Gasteiger partial charge >= 0.3 is 5.97 Å². The molecular weight excluding hydrogens is 322 g/mol. The predicted molar refractivity (Wildman–Crippen MR) is 87.4 cm³/mol. The van der Waals surface area contributed by atoms with Crippen LogP contribution >= 0.6 is 23.1 Å². The van der Waals surface area contributed by atoms with Crippen LogP contribution < -0.4 is 5.73 Å². The van der Waals surface area contributed by atoms with E-state index in [0.29, 0.717) is 27.2 Å². The van der Waals surface area contributed by atoms with Crippen LogP contribution in [0.2, 0.25) is 0 Å². The molecule has 0 aromatic carbocycles. The number of rotatable bonds is 5. The molecule has 2 aromatic rings. The van der Waals surface area contributed by atoms with Crippen LogP contribution in [-0.2, 0) is 9.53 Å². The second-order valence-corrected chi connectivity index (χ2v) is 7.02. The number of primary amides is 1. The lowest BCUT2D eigenvalue weighted by molar-refractivity contribution is -0.117. The second-order valence-electron chi connectivity index (χ2n) is 4.70. The Balaban J connectivity index is 2.57. The van der Waals surface area contributed by atoms with E-state index in [1.165, 1.54) is 23.1 Å². The molecule has 0 saturated heterocycles. The molecule has 0 radical (unpaired) electrons. The van der Waals surface area contributed by atoms with Crippen molar-refractivity contribution in [2.24, 2.45) is 5.73 Å². The first-order valence-electron chi connectivity index (χ1n) is 6.76. The van der Waals surface area contributed by atoms with Gasteiger partial charge in [0.2, 0.25) is 5.91 Å². The van der Waals surface area contributed by atoms with Crippen molar-refractivity contribution in [3.63, 3.8) is 0 Å². The monoisotopic (exact) mass is 339 g/mol. The summed E-state index contributed by atoms with van der Waals surface area (Å²) in [6.45, 7) is 7.42. The summed E-state index contributed by atoms with van der Waals surface area (Å²) in [5.41, 5.74) is 6.10. The summed E-state index contributed by atoms with van der Waals surface area (Å²) >= 11 is 2.56. The van der Waals surface area contributed by atoms with Gasteiger partial charge in [0.25, 0.3) is 0 Å². The zero-order chi connectivity index (χ0) is 16.4. The van der Waals surface area contributed by atoms with Crippen LogP contribution in [0.5, 0.6) is 0 Å². The number of fused-ring (bicyclic) bond motifs is 1. The van der Waals surface area contributed by atoms with Crippen molar-refractivity contribution >= 4 is 45.2 Å². The number of carbonyl (C=O) groups excluding carboxylic acids is 2. The third kappa shape index (κ3) is 3.22. The Morgan fingerprint density at radius 2 is 2.05 bits per heavy atom. The Morgan fingerprint density at radius 3 is 2.64 bits per heavy atom. The zero-order valence-electron chi connectivity index (χ0n) is 12.8. The van der Waals surface area contributed by atoms with Crippen molar-refractivity contribution in [2.45, 2.75) is 38.0 Å². The van der Waals surface area contributed by atoms with Gasteiger partial charge in [-0.3, -0.25) is 4.79 Å². The van der Waals surface area contributed by atoms with E-state index >= 15 is 0 Å². The van der Waals surface area contributed by atoms with Gasteiger partial charge in [-0.1, -0.05) is 11.8 Å². The molecule has 1 atom stereocenters. The summed E-state index contributed by atoms with van der Waals surface area (Å²) in [6, 6.07) is 0. The fraction of sp³-hybridized carbons (Fsp3) is 0.429. The lowest BCUT2D eigenvalue weighted by Gasteiger charge is -2.08. The summed E-state index contributed by atoms with van der Waals surface area (Å²) in [5, 5.41) is 1.04. The van der Waals surface area contributed by atoms with Crippen molar-refractivity contribution in [1.82, 2.24) is 9.97 Å². The van der Waals surface area contributed by atoms with Crippen molar-refractivity contribution in [3.05, 3.63) is 16.3 Å². The average Bonchev–Trinajstić information content (AvgIpc) is 2.76. The molecule has 0 spiro atoms. The van der Waals surface area contributed by atoms with Gasteiger partial charge in [-0.05, 0) is 33.3 Å². The molecule has 0 fully saturated rings. The Labute approximate surface area is 136 Å². The van der Waals surface area contributed by atoms with E-state index in [1.54, 1.807) is 20.8 Å². The van der Waals surface area contributed by atoms with E-state index in [-0.39, 0.29) is 5.97 Å². The number of thiophene rings is 1. The lowest BCUT2D eigenvalue weighted by atomic mass is 10.2. The fourth-order valence-corrected chi connectivity index (χ4v) is 4.09. The number of hydrogen-bond donors (Lipinski definition) is 1. The van der Waals surface area contributed by atoms with Gasteiger partial charge in [0, 0.05) is 5.39 Å². The lowest BCUT2D eigenvalue weighted by Crippen LogP contribution is -2.22. The van der Waals surface area contributed by atoms with Crippen LogP contribution in [-0.4, -0.2) is 33.7 Å². The summed E-state index contributed by atoms with van der Waals surface area (Å²) in [6.07, 6.45) is 0. The molecule has 2 heterocycles.